The SMILES string of the molecule is COC(=O)N1CC2C=CC1NC2. The summed E-state index contributed by atoms with van der Waals surface area (Å²) in [5.41, 5.74) is 0. The van der Waals surface area contributed by atoms with Gasteiger partial charge < -0.3 is 4.74 Å². The second kappa shape index (κ2) is 2.79. The van der Waals surface area contributed by atoms with Crippen LogP contribution in [0.3, 0.4) is 0 Å². The van der Waals surface area contributed by atoms with Crippen LogP contribution in [0.25, 0.3) is 0 Å². The third-order valence-electron chi connectivity index (χ3n) is 2.33. The first-order valence-electron chi connectivity index (χ1n) is 4.07. The van der Waals surface area contributed by atoms with Crippen molar-refractivity contribution >= 4 is 6.09 Å². The number of methoxy groups -OCH3 is 1. The van der Waals surface area contributed by atoms with Crippen LogP contribution in [0.15, 0.2) is 12.2 Å². The molecule has 0 aromatic carbocycles. The zero-order valence-electron chi connectivity index (χ0n) is 6.99. The van der Waals surface area contributed by atoms with E-state index in [9.17, 15) is 4.79 Å². The molecule has 0 aliphatic carbocycles. The third kappa shape index (κ3) is 1.08. The van der Waals surface area contributed by atoms with Crippen LogP contribution in [-0.4, -0.2) is 37.4 Å². The molecule has 0 radical (unpaired) electrons. The summed E-state index contributed by atoms with van der Waals surface area (Å²) in [5.74, 6) is 0.453. The molecule has 1 amide bonds. The van der Waals surface area contributed by atoms with Crippen LogP contribution in [0.1, 0.15) is 0 Å². The van der Waals surface area contributed by atoms with Gasteiger partial charge in [-0.15, -0.1) is 0 Å². The quantitative estimate of drug-likeness (QED) is 0.524. The average molecular weight is 168 g/mol. The Balaban J connectivity index is 2.11. The van der Waals surface area contributed by atoms with Gasteiger partial charge in [0.2, 0.25) is 0 Å². The first kappa shape index (κ1) is 7.61. The number of carbonyl (C=O) groups is 1. The molecule has 2 atom stereocenters. The van der Waals surface area contributed by atoms with Gasteiger partial charge in [-0.05, 0) is 0 Å². The number of fused-ring (bicyclic) bond motifs is 2. The summed E-state index contributed by atoms with van der Waals surface area (Å²) >= 11 is 0. The molecule has 1 saturated heterocycles. The Bertz CT molecular complexity index is 227. The topological polar surface area (TPSA) is 41.6 Å². The van der Waals surface area contributed by atoms with E-state index in [1.165, 1.54) is 7.11 Å². The van der Waals surface area contributed by atoms with Gasteiger partial charge >= 0.3 is 6.09 Å². The molecule has 0 saturated carbocycles. The highest BCUT2D eigenvalue weighted by atomic mass is 16.5. The predicted octanol–water partition coefficient (Wildman–Crippen LogP) is 0.170. The second-order valence-corrected chi connectivity index (χ2v) is 3.12. The number of nitrogens with one attached hydrogen (secondary N) is 1. The zero-order valence-corrected chi connectivity index (χ0v) is 6.99. The fraction of sp³-hybridized carbons (Fsp3) is 0.625. The van der Waals surface area contributed by atoms with E-state index in [2.05, 4.69) is 16.1 Å². The molecule has 2 unspecified atom stereocenters. The monoisotopic (exact) mass is 168 g/mol. The highest BCUT2D eigenvalue weighted by molar-refractivity contribution is 5.68. The Morgan fingerprint density at radius 3 is 2.92 bits per heavy atom. The van der Waals surface area contributed by atoms with Crippen LogP contribution in [0.5, 0.6) is 0 Å². The molecular weight excluding hydrogens is 156 g/mol. The minimum atomic E-state index is -0.249. The summed E-state index contributed by atoms with van der Waals surface area (Å²) < 4.78 is 4.66. The van der Waals surface area contributed by atoms with Crippen LogP contribution in [0.4, 0.5) is 4.79 Å². The predicted molar refractivity (Wildman–Crippen MR) is 43.5 cm³/mol. The van der Waals surface area contributed by atoms with Gasteiger partial charge in [0.1, 0.15) is 6.17 Å². The Morgan fingerprint density at radius 1 is 1.67 bits per heavy atom. The van der Waals surface area contributed by atoms with Crippen LogP contribution in [0.2, 0.25) is 0 Å². The number of amides is 1. The fourth-order valence-corrected chi connectivity index (χ4v) is 1.68. The number of ether oxygens (including phenoxy) is 1. The van der Waals surface area contributed by atoms with Crippen molar-refractivity contribution in [3.05, 3.63) is 12.2 Å². The van der Waals surface area contributed by atoms with E-state index in [-0.39, 0.29) is 12.3 Å². The minimum absolute atomic E-state index is 0.0439. The molecule has 3 rings (SSSR count). The molecule has 1 N–H and O–H groups in total. The first-order valence-corrected chi connectivity index (χ1v) is 4.07. The van der Waals surface area contributed by atoms with Gasteiger partial charge in [-0.1, -0.05) is 12.2 Å². The Kier molecular flexibility index (Phi) is 1.77. The number of hydrogen-bond acceptors (Lipinski definition) is 3. The van der Waals surface area contributed by atoms with Crippen LogP contribution in [-0.2, 0) is 4.74 Å². The Hall–Kier alpha value is -1.03. The van der Waals surface area contributed by atoms with E-state index in [0.717, 1.165) is 13.1 Å². The highest BCUT2D eigenvalue weighted by Gasteiger charge is 2.32. The summed E-state index contributed by atoms with van der Waals surface area (Å²) in [7, 11) is 1.41. The van der Waals surface area contributed by atoms with Crippen molar-refractivity contribution in [2.24, 2.45) is 5.92 Å². The summed E-state index contributed by atoms with van der Waals surface area (Å²) in [6.07, 6.45) is 3.96. The van der Waals surface area contributed by atoms with Gasteiger partial charge in [-0.2, -0.15) is 0 Å². The summed E-state index contributed by atoms with van der Waals surface area (Å²) in [6.45, 7) is 1.75. The summed E-state index contributed by atoms with van der Waals surface area (Å²) in [6, 6.07) is 0. The van der Waals surface area contributed by atoms with Crippen molar-refractivity contribution in [1.29, 1.82) is 0 Å². The van der Waals surface area contributed by atoms with Crippen molar-refractivity contribution in [2.45, 2.75) is 6.17 Å². The van der Waals surface area contributed by atoms with E-state index < -0.39 is 0 Å². The molecule has 0 spiro atoms. The van der Waals surface area contributed by atoms with Crippen molar-refractivity contribution in [3.8, 4) is 0 Å². The van der Waals surface area contributed by atoms with Crippen molar-refractivity contribution in [2.75, 3.05) is 20.2 Å². The lowest BCUT2D eigenvalue weighted by Crippen LogP contribution is -2.58. The summed E-state index contributed by atoms with van der Waals surface area (Å²) in [5, 5.41) is 3.22. The number of hydrogen-bond donors (Lipinski definition) is 1. The second-order valence-electron chi connectivity index (χ2n) is 3.12. The van der Waals surface area contributed by atoms with Gasteiger partial charge in [-0.3, -0.25) is 10.2 Å². The molecule has 0 aromatic rings. The molecule has 2 bridgehead atoms. The largest absolute Gasteiger partial charge is 0.453 e. The van der Waals surface area contributed by atoms with Gasteiger partial charge in [-0.25, -0.2) is 4.79 Å². The van der Waals surface area contributed by atoms with Gasteiger partial charge in [0.15, 0.2) is 0 Å². The standard InChI is InChI=1S/C8H12N2O2/c1-12-8(11)10-5-6-2-3-7(10)9-4-6/h2-3,6-7,9H,4-5H2,1H3. The van der Waals surface area contributed by atoms with Gasteiger partial charge in [0.05, 0.1) is 7.11 Å². The molecular formula is C8H12N2O2. The first-order chi connectivity index (χ1) is 5.81. The number of nitrogens with zero attached hydrogens (tertiary/aromatic N) is 1. The normalized spacial score (nSPS) is 32.2. The van der Waals surface area contributed by atoms with Gasteiger partial charge in [0.25, 0.3) is 0 Å². The molecule has 12 heavy (non-hydrogen) atoms. The van der Waals surface area contributed by atoms with Crippen molar-refractivity contribution in [1.82, 2.24) is 10.2 Å². The maximum atomic E-state index is 11.2. The van der Waals surface area contributed by atoms with Gasteiger partial charge in [0, 0.05) is 19.0 Å². The molecule has 66 valence electrons. The molecule has 3 heterocycles. The molecule has 4 nitrogen and oxygen atoms in total. The zero-order chi connectivity index (χ0) is 8.55. The van der Waals surface area contributed by atoms with Crippen molar-refractivity contribution < 1.29 is 9.53 Å². The van der Waals surface area contributed by atoms with Crippen LogP contribution in [0, 0.1) is 5.92 Å². The Morgan fingerprint density at radius 2 is 2.50 bits per heavy atom. The molecule has 4 heteroatoms. The average Bonchev–Trinajstić information content (AvgIpc) is 2.18. The van der Waals surface area contributed by atoms with E-state index in [1.807, 2.05) is 6.08 Å². The number of rotatable bonds is 0. The Labute approximate surface area is 71.2 Å². The lowest BCUT2D eigenvalue weighted by molar-refractivity contribution is 0.0806. The van der Waals surface area contributed by atoms with E-state index in [0.29, 0.717) is 5.92 Å². The molecule has 3 aliphatic heterocycles. The maximum absolute atomic E-state index is 11.2. The van der Waals surface area contributed by atoms with E-state index in [4.69, 9.17) is 0 Å². The lowest BCUT2D eigenvalue weighted by Gasteiger charge is -2.40. The van der Waals surface area contributed by atoms with Crippen molar-refractivity contribution in [3.63, 3.8) is 0 Å². The highest BCUT2D eigenvalue weighted by Crippen LogP contribution is 2.19. The summed E-state index contributed by atoms with van der Waals surface area (Å²) in [4.78, 5) is 12.9. The maximum Gasteiger partial charge on any atom is 0.411 e. The lowest BCUT2D eigenvalue weighted by atomic mass is 9.99. The smallest absolute Gasteiger partial charge is 0.411 e. The minimum Gasteiger partial charge on any atom is -0.453 e. The fourth-order valence-electron chi connectivity index (χ4n) is 1.68. The molecule has 1 fully saturated rings. The third-order valence-corrected chi connectivity index (χ3v) is 2.33. The molecule has 0 aromatic heterocycles. The van der Waals surface area contributed by atoms with Crippen LogP contribution < -0.4 is 5.32 Å². The number of carbonyl (C=O) groups excluding carboxylic acids is 1. The van der Waals surface area contributed by atoms with E-state index in [1.54, 1.807) is 4.90 Å². The van der Waals surface area contributed by atoms with Crippen LogP contribution >= 0.6 is 0 Å². The molecule has 3 aliphatic rings. The van der Waals surface area contributed by atoms with E-state index >= 15 is 0 Å².